The van der Waals surface area contributed by atoms with E-state index in [2.05, 4.69) is 37.2 Å². The zero-order valence-electron chi connectivity index (χ0n) is 17.7. The van der Waals surface area contributed by atoms with E-state index in [4.69, 9.17) is 27.9 Å². The lowest BCUT2D eigenvalue weighted by molar-refractivity contribution is -0.112. The number of nitriles is 1. The molecule has 3 aromatic rings. The Labute approximate surface area is 219 Å². The molecule has 0 aliphatic rings. The molecule has 0 spiro atoms. The van der Waals surface area contributed by atoms with Gasteiger partial charge < -0.3 is 10.1 Å². The van der Waals surface area contributed by atoms with Gasteiger partial charge in [0.05, 0.1) is 8.95 Å². The third-order valence-corrected chi connectivity index (χ3v) is 6.48. The molecule has 8 heteroatoms. The number of amides is 1. The highest BCUT2D eigenvalue weighted by atomic mass is 79.9. The first-order chi connectivity index (χ1) is 15.7. The number of carbonyl (C=O) groups is 1. The van der Waals surface area contributed by atoms with E-state index >= 15 is 0 Å². The smallest absolute Gasteiger partial charge is 0.266 e. The average molecular weight is 609 g/mol. The van der Waals surface area contributed by atoms with Crippen LogP contribution in [-0.4, -0.2) is 5.91 Å². The van der Waals surface area contributed by atoms with E-state index in [1.165, 1.54) is 6.08 Å². The third kappa shape index (κ3) is 6.61. The fraction of sp³-hybridized carbons (Fsp3) is 0.120. The van der Waals surface area contributed by atoms with Gasteiger partial charge in [0.25, 0.3) is 5.91 Å². The van der Waals surface area contributed by atoms with E-state index in [-0.39, 0.29) is 12.2 Å². The van der Waals surface area contributed by atoms with Crippen LogP contribution in [0.15, 0.2) is 63.0 Å². The number of nitrogens with zero attached hydrogens (tertiary/aromatic N) is 1. The maximum absolute atomic E-state index is 12.7. The summed E-state index contributed by atoms with van der Waals surface area (Å²) in [4.78, 5) is 12.7. The molecule has 0 aliphatic carbocycles. The number of aryl methyl sites for hydroxylation is 2. The Morgan fingerprint density at radius 1 is 1.09 bits per heavy atom. The van der Waals surface area contributed by atoms with Crippen LogP contribution in [0, 0.1) is 25.2 Å². The Morgan fingerprint density at radius 3 is 2.39 bits per heavy atom. The molecule has 4 nitrogen and oxygen atoms in total. The van der Waals surface area contributed by atoms with Crippen molar-refractivity contribution < 1.29 is 9.53 Å². The van der Waals surface area contributed by atoms with Crippen LogP contribution in [0.25, 0.3) is 6.08 Å². The Hall–Kier alpha value is -2.30. The largest absolute Gasteiger partial charge is 0.486 e. The second-order valence-corrected chi connectivity index (χ2v) is 9.83. The summed E-state index contributed by atoms with van der Waals surface area (Å²) >= 11 is 19.2. The molecule has 3 rings (SSSR count). The van der Waals surface area contributed by atoms with Crippen molar-refractivity contribution in [3.63, 3.8) is 0 Å². The molecule has 0 unspecified atom stereocenters. The molecular weight excluding hydrogens is 591 g/mol. The van der Waals surface area contributed by atoms with Gasteiger partial charge in [0, 0.05) is 21.3 Å². The minimum absolute atomic E-state index is 0.0182. The first-order valence-electron chi connectivity index (χ1n) is 9.74. The van der Waals surface area contributed by atoms with Crippen molar-refractivity contribution in [3.8, 4) is 11.8 Å². The molecular formula is C25H18Br2Cl2N2O2. The van der Waals surface area contributed by atoms with Crippen molar-refractivity contribution in [1.82, 2.24) is 0 Å². The second-order valence-electron chi connectivity index (χ2n) is 7.28. The minimum atomic E-state index is -0.477. The Morgan fingerprint density at radius 2 is 1.79 bits per heavy atom. The second kappa shape index (κ2) is 11.2. The third-order valence-electron chi connectivity index (χ3n) is 4.71. The van der Waals surface area contributed by atoms with Crippen molar-refractivity contribution in [3.05, 3.63) is 95.3 Å². The molecule has 0 fully saturated rings. The van der Waals surface area contributed by atoms with Gasteiger partial charge in [-0.15, -0.1) is 0 Å². The first kappa shape index (κ1) is 25.3. The van der Waals surface area contributed by atoms with E-state index < -0.39 is 5.91 Å². The van der Waals surface area contributed by atoms with Crippen LogP contribution in [-0.2, 0) is 11.4 Å². The molecule has 0 bridgehead atoms. The summed E-state index contributed by atoms with van der Waals surface area (Å²) in [5, 5.41) is 13.4. The number of hydrogen-bond acceptors (Lipinski definition) is 3. The standard InChI is InChI=1S/C25H18Br2Cl2N2O2/c1-14-3-6-23(15(2)7-14)31-25(32)18(12-30)8-16-9-20(26)24(21(27)10-16)33-13-17-4-5-19(28)11-22(17)29/h3-11H,13H2,1-2H3,(H,31,32)/b18-8+. The highest BCUT2D eigenvalue weighted by molar-refractivity contribution is 9.11. The Kier molecular flexibility index (Phi) is 8.61. The first-order valence-corrected chi connectivity index (χ1v) is 12.1. The summed E-state index contributed by atoms with van der Waals surface area (Å²) in [5.74, 6) is 0.0887. The zero-order chi connectivity index (χ0) is 24.1. The highest BCUT2D eigenvalue weighted by Crippen LogP contribution is 2.36. The molecule has 1 amide bonds. The quantitative estimate of drug-likeness (QED) is 0.226. The van der Waals surface area contributed by atoms with Gasteiger partial charge in [-0.25, -0.2) is 0 Å². The highest BCUT2D eigenvalue weighted by Gasteiger charge is 2.14. The molecule has 3 aromatic carbocycles. The molecule has 0 saturated heterocycles. The van der Waals surface area contributed by atoms with Crippen LogP contribution < -0.4 is 10.1 Å². The van der Waals surface area contributed by atoms with Crippen molar-refractivity contribution in [1.29, 1.82) is 5.26 Å². The molecule has 0 aromatic heterocycles. The molecule has 0 radical (unpaired) electrons. The lowest BCUT2D eigenvalue weighted by Crippen LogP contribution is -2.14. The van der Waals surface area contributed by atoms with Gasteiger partial charge >= 0.3 is 0 Å². The Balaban J connectivity index is 1.79. The van der Waals surface area contributed by atoms with Crippen LogP contribution in [0.5, 0.6) is 5.75 Å². The minimum Gasteiger partial charge on any atom is -0.486 e. The number of hydrogen-bond donors (Lipinski definition) is 1. The summed E-state index contributed by atoms with van der Waals surface area (Å²) < 4.78 is 7.23. The molecule has 0 saturated carbocycles. The summed E-state index contributed by atoms with van der Waals surface area (Å²) in [6, 6.07) is 16.4. The van der Waals surface area contributed by atoms with Crippen molar-refractivity contribution in [2.24, 2.45) is 0 Å². The zero-order valence-corrected chi connectivity index (χ0v) is 22.4. The molecule has 0 heterocycles. The van der Waals surface area contributed by atoms with Gasteiger partial charge in [0.1, 0.15) is 24.0 Å². The predicted octanol–water partition coefficient (Wildman–Crippen LogP) is 8.26. The van der Waals surface area contributed by atoms with Crippen LogP contribution in [0.4, 0.5) is 5.69 Å². The fourth-order valence-electron chi connectivity index (χ4n) is 3.05. The van der Waals surface area contributed by atoms with Crippen molar-refractivity contribution in [2.45, 2.75) is 20.5 Å². The molecule has 0 aliphatic heterocycles. The number of ether oxygens (including phenoxy) is 1. The van der Waals surface area contributed by atoms with Crippen LogP contribution in [0.1, 0.15) is 22.3 Å². The van der Waals surface area contributed by atoms with Crippen molar-refractivity contribution >= 4 is 72.7 Å². The van der Waals surface area contributed by atoms with Crippen LogP contribution in [0.2, 0.25) is 10.0 Å². The van der Waals surface area contributed by atoms with Crippen LogP contribution in [0.3, 0.4) is 0 Å². The van der Waals surface area contributed by atoms with Gasteiger partial charge in [0.2, 0.25) is 0 Å². The number of nitrogens with one attached hydrogen (secondary N) is 1. The summed E-state index contributed by atoms with van der Waals surface area (Å²) in [5.41, 5.74) is 4.11. The van der Waals surface area contributed by atoms with E-state index in [0.29, 0.717) is 36.0 Å². The number of carbonyl (C=O) groups excluding carboxylic acids is 1. The number of benzene rings is 3. The van der Waals surface area contributed by atoms with E-state index in [0.717, 1.165) is 16.7 Å². The molecule has 33 heavy (non-hydrogen) atoms. The van der Waals surface area contributed by atoms with E-state index in [9.17, 15) is 10.1 Å². The van der Waals surface area contributed by atoms with Gasteiger partial charge in [-0.2, -0.15) is 5.26 Å². The topological polar surface area (TPSA) is 62.1 Å². The summed E-state index contributed by atoms with van der Waals surface area (Å²) in [6.45, 7) is 4.12. The number of halogens is 4. The van der Waals surface area contributed by atoms with E-state index in [1.54, 1.807) is 30.3 Å². The normalized spacial score (nSPS) is 11.1. The predicted molar refractivity (Wildman–Crippen MR) is 141 cm³/mol. The lowest BCUT2D eigenvalue weighted by Gasteiger charge is -2.13. The van der Waals surface area contributed by atoms with Crippen molar-refractivity contribution in [2.75, 3.05) is 5.32 Å². The molecule has 0 atom stereocenters. The number of anilines is 1. The Bertz CT molecular complexity index is 1280. The van der Waals surface area contributed by atoms with Gasteiger partial charge in [0.15, 0.2) is 0 Å². The maximum atomic E-state index is 12.7. The monoisotopic (exact) mass is 606 g/mol. The summed E-state index contributed by atoms with van der Waals surface area (Å²) in [6.07, 6.45) is 1.52. The van der Waals surface area contributed by atoms with E-state index in [1.807, 2.05) is 38.1 Å². The van der Waals surface area contributed by atoms with Gasteiger partial charge in [-0.05, 0) is 93.2 Å². The SMILES string of the molecule is Cc1ccc(NC(=O)/C(C#N)=C/c2cc(Br)c(OCc3ccc(Cl)cc3Cl)c(Br)c2)c(C)c1. The summed E-state index contributed by atoms with van der Waals surface area (Å²) in [7, 11) is 0. The van der Waals surface area contributed by atoms with Gasteiger partial charge in [-0.1, -0.05) is 47.0 Å². The molecule has 168 valence electrons. The average Bonchev–Trinajstić information content (AvgIpc) is 2.74. The number of rotatable bonds is 6. The molecule has 1 N–H and O–H groups in total. The maximum Gasteiger partial charge on any atom is 0.266 e. The van der Waals surface area contributed by atoms with Gasteiger partial charge in [-0.3, -0.25) is 4.79 Å². The lowest BCUT2D eigenvalue weighted by atomic mass is 10.1. The van der Waals surface area contributed by atoms with Crippen LogP contribution >= 0.6 is 55.1 Å². The fourth-order valence-corrected chi connectivity index (χ4v) is 4.96.